The van der Waals surface area contributed by atoms with E-state index in [1.165, 1.54) is 0 Å². The zero-order valence-electron chi connectivity index (χ0n) is 17.6. The van der Waals surface area contributed by atoms with E-state index in [2.05, 4.69) is 5.32 Å². The quantitative estimate of drug-likeness (QED) is 0.585. The molecule has 1 heterocycles. The van der Waals surface area contributed by atoms with Crippen molar-refractivity contribution in [3.63, 3.8) is 0 Å². The fraction of sp³-hybridized carbons (Fsp3) is 0.200. The van der Waals surface area contributed by atoms with E-state index in [1.807, 2.05) is 74.5 Å². The Bertz CT molecular complexity index is 1130. The predicted molar refractivity (Wildman–Crippen MR) is 123 cm³/mol. The first-order valence-corrected chi connectivity index (χ1v) is 11.2. The Morgan fingerprint density at radius 1 is 1.00 bits per heavy atom. The maximum Gasteiger partial charge on any atom is 0.259 e. The predicted octanol–water partition coefficient (Wildman–Crippen LogP) is 5.15. The van der Waals surface area contributed by atoms with Gasteiger partial charge in [-0.2, -0.15) is 0 Å². The van der Waals surface area contributed by atoms with E-state index in [1.54, 1.807) is 22.7 Å². The molecule has 0 aliphatic carbocycles. The lowest BCUT2D eigenvalue weighted by Crippen LogP contribution is -2.31. The lowest BCUT2D eigenvalue weighted by molar-refractivity contribution is 0.0947. The molecule has 1 N–H and O–H groups in total. The molecule has 4 rings (SSSR count). The van der Waals surface area contributed by atoms with Crippen LogP contribution in [0.2, 0.25) is 0 Å². The molecule has 31 heavy (non-hydrogen) atoms. The van der Waals surface area contributed by atoms with E-state index in [9.17, 15) is 9.59 Å². The van der Waals surface area contributed by atoms with Gasteiger partial charge in [0.1, 0.15) is 5.75 Å². The topological polar surface area (TPSA) is 58.6 Å². The molecule has 0 aromatic heterocycles. The van der Waals surface area contributed by atoms with Gasteiger partial charge in [-0.15, -0.1) is 0 Å². The Balaban J connectivity index is 1.59. The highest BCUT2D eigenvalue weighted by Crippen LogP contribution is 2.41. The number of para-hydroxylation sites is 1. The average molecular weight is 433 g/mol. The molecular weight excluding hydrogens is 408 g/mol. The summed E-state index contributed by atoms with van der Waals surface area (Å²) < 4.78 is 5.64. The molecule has 3 aromatic rings. The number of benzene rings is 3. The van der Waals surface area contributed by atoms with E-state index in [-0.39, 0.29) is 11.8 Å². The first-order chi connectivity index (χ1) is 15.1. The van der Waals surface area contributed by atoms with Crippen molar-refractivity contribution < 1.29 is 14.3 Å². The summed E-state index contributed by atoms with van der Waals surface area (Å²) in [6.45, 7) is 5.33. The zero-order chi connectivity index (χ0) is 21.8. The number of nitrogens with one attached hydrogen (secondary N) is 1. The third kappa shape index (κ3) is 4.30. The monoisotopic (exact) mass is 432 g/mol. The van der Waals surface area contributed by atoms with Crippen molar-refractivity contribution in [1.82, 2.24) is 5.32 Å². The molecule has 2 amide bonds. The SMILES string of the molecule is CCOc1ccccc1CNC(=O)c1ccc2c(c1)N(CC)C(=O)c1ccccc1S2. The number of ether oxygens (including phenoxy) is 1. The second-order valence-electron chi connectivity index (χ2n) is 7.05. The number of nitrogens with zero attached hydrogens (tertiary/aromatic N) is 1. The number of anilines is 1. The van der Waals surface area contributed by atoms with Gasteiger partial charge in [0.15, 0.2) is 0 Å². The first-order valence-electron chi connectivity index (χ1n) is 10.3. The van der Waals surface area contributed by atoms with Crippen LogP contribution in [-0.2, 0) is 6.54 Å². The smallest absolute Gasteiger partial charge is 0.259 e. The van der Waals surface area contributed by atoms with Crippen LogP contribution < -0.4 is 15.0 Å². The van der Waals surface area contributed by atoms with Gasteiger partial charge in [-0.25, -0.2) is 0 Å². The summed E-state index contributed by atoms with van der Waals surface area (Å²) >= 11 is 1.55. The Labute approximate surface area is 186 Å². The number of hydrogen-bond donors (Lipinski definition) is 1. The zero-order valence-corrected chi connectivity index (χ0v) is 18.4. The molecule has 5 nitrogen and oxygen atoms in total. The molecule has 158 valence electrons. The Kier molecular flexibility index (Phi) is 6.28. The van der Waals surface area contributed by atoms with Crippen molar-refractivity contribution in [2.24, 2.45) is 0 Å². The van der Waals surface area contributed by atoms with E-state index in [4.69, 9.17) is 4.74 Å². The Hall–Kier alpha value is -3.25. The molecule has 6 heteroatoms. The fourth-order valence-electron chi connectivity index (χ4n) is 3.60. The number of amides is 2. The highest BCUT2D eigenvalue weighted by atomic mass is 32.2. The van der Waals surface area contributed by atoms with Crippen molar-refractivity contribution in [3.05, 3.63) is 83.4 Å². The summed E-state index contributed by atoms with van der Waals surface area (Å²) in [4.78, 5) is 29.6. The van der Waals surface area contributed by atoms with Crippen LogP contribution in [0.5, 0.6) is 5.75 Å². The normalized spacial score (nSPS) is 12.6. The van der Waals surface area contributed by atoms with Gasteiger partial charge in [0.2, 0.25) is 0 Å². The molecule has 0 atom stereocenters. The molecule has 0 radical (unpaired) electrons. The summed E-state index contributed by atoms with van der Waals surface area (Å²) in [5.74, 6) is 0.529. The summed E-state index contributed by atoms with van der Waals surface area (Å²) in [7, 11) is 0. The number of fused-ring (bicyclic) bond motifs is 2. The number of rotatable bonds is 6. The van der Waals surface area contributed by atoms with Crippen LogP contribution in [0.4, 0.5) is 5.69 Å². The Morgan fingerprint density at radius 3 is 2.58 bits per heavy atom. The third-order valence-electron chi connectivity index (χ3n) is 5.12. The highest BCUT2D eigenvalue weighted by Gasteiger charge is 2.27. The van der Waals surface area contributed by atoms with Crippen LogP contribution in [0.25, 0.3) is 0 Å². The molecule has 1 aliphatic heterocycles. The molecule has 0 bridgehead atoms. The maximum atomic E-state index is 13.1. The molecule has 0 spiro atoms. The molecule has 0 fully saturated rings. The fourth-order valence-corrected chi connectivity index (χ4v) is 4.66. The van der Waals surface area contributed by atoms with Gasteiger partial charge in [-0.05, 0) is 50.2 Å². The van der Waals surface area contributed by atoms with Crippen molar-refractivity contribution in [1.29, 1.82) is 0 Å². The van der Waals surface area contributed by atoms with Gasteiger partial charge < -0.3 is 15.0 Å². The van der Waals surface area contributed by atoms with Crippen molar-refractivity contribution >= 4 is 29.3 Å². The van der Waals surface area contributed by atoms with Crippen molar-refractivity contribution in [2.45, 2.75) is 30.2 Å². The lowest BCUT2D eigenvalue weighted by atomic mass is 10.1. The van der Waals surface area contributed by atoms with Gasteiger partial charge >= 0.3 is 0 Å². The van der Waals surface area contributed by atoms with Gasteiger partial charge in [-0.1, -0.05) is 42.1 Å². The summed E-state index contributed by atoms with van der Waals surface area (Å²) in [6, 6.07) is 20.8. The third-order valence-corrected chi connectivity index (χ3v) is 6.26. The van der Waals surface area contributed by atoms with Crippen LogP contribution in [-0.4, -0.2) is 25.0 Å². The largest absolute Gasteiger partial charge is 0.494 e. The van der Waals surface area contributed by atoms with E-state index < -0.39 is 0 Å². The minimum atomic E-state index is -0.190. The lowest BCUT2D eigenvalue weighted by Gasteiger charge is -2.21. The summed E-state index contributed by atoms with van der Waals surface area (Å²) in [5.41, 5.74) is 2.88. The molecule has 0 saturated carbocycles. The van der Waals surface area contributed by atoms with Gasteiger partial charge in [-0.3, -0.25) is 9.59 Å². The molecule has 1 aliphatic rings. The second-order valence-corrected chi connectivity index (χ2v) is 8.14. The van der Waals surface area contributed by atoms with Crippen molar-refractivity contribution in [3.8, 4) is 5.75 Å². The molecule has 3 aromatic carbocycles. The van der Waals surface area contributed by atoms with Crippen LogP contribution in [0.3, 0.4) is 0 Å². The van der Waals surface area contributed by atoms with Crippen LogP contribution in [0.15, 0.2) is 76.5 Å². The minimum absolute atomic E-state index is 0.0486. The van der Waals surface area contributed by atoms with Crippen LogP contribution in [0.1, 0.15) is 40.1 Å². The van der Waals surface area contributed by atoms with E-state index >= 15 is 0 Å². The summed E-state index contributed by atoms with van der Waals surface area (Å²) in [5, 5.41) is 2.97. The van der Waals surface area contributed by atoms with Crippen LogP contribution in [0, 0.1) is 0 Å². The van der Waals surface area contributed by atoms with Crippen LogP contribution >= 0.6 is 11.8 Å². The highest BCUT2D eigenvalue weighted by molar-refractivity contribution is 7.99. The maximum absolute atomic E-state index is 13.1. The standard InChI is InChI=1S/C25H24N2O3S/c1-3-27-20-15-17(24(28)26-16-18-9-5-7-11-21(18)30-4-2)13-14-23(20)31-22-12-8-6-10-19(22)25(27)29/h5-15H,3-4,16H2,1-2H3,(H,26,28). The summed E-state index contributed by atoms with van der Waals surface area (Å²) in [6.07, 6.45) is 0. The molecular formula is C25H24N2O3S. The van der Waals surface area contributed by atoms with Gasteiger partial charge in [0.25, 0.3) is 11.8 Å². The first kappa shape index (κ1) is 21.0. The average Bonchev–Trinajstić information content (AvgIpc) is 2.91. The number of hydrogen-bond acceptors (Lipinski definition) is 4. The van der Waals surface area contributed by atoms with E-state index in [0.29, 0.717) is 30.8 Å². The number of carbonyl (C=O) groups excluding carboxylic acids is 2. The van der Waals surface area contributed by atoms with Gasteiger partial charge in [0, 0.05) is 34.0 Å². The van der Waals surface area contributed by atoms with Gasteiger partial charge in [0.05, 0.1) is 17.9 Å². The van der Waals surface area contributed by atoms with Crippen molar-refractivity contribution in [2.75, 3.05) is 18.1 Å². The minimum Gasteiger partial charge on any atom is -0.494 e. The molecule has 0 saturated heterocycles. The molecule has 0 unspecified atom stereocenters. The Morgan fingerprint density at radius 2 is 1.77 bits per heavy atom. The second kappa shape index (κ2) is 9.27. The van der Waals surface area contributed by atoms with E-state index in [0.717, 1.165) is 26.8 Å². The number of carbonyl (C=O) groups is 2.